The number of methoxy groups -OCH3 is 1. The minimum Gasteiger partial charge on any atom is -0.480 e. The van der Waals surface area contributed by atoms with Crippen LogP contribution in [0.2, 0.25) is 0 Å². The molecule has 1 N–H and O–H groups in total. The van der Waals surface area contributed by atoms with Crippen LogP contribution in [0.15, 0.2) is 28.7 Å². The molecule has 1 amide bonds. The lowest BCUT2D eigenvalue weighted by atomic mass is 10.1. The van der Waals surface area contributed by atoms with Crippen molar-refractivity contribution < 1.29 is 19.4 Å². The quantitative estimate of drug-likeness (QED) is 0.877. The minimum atomic E-state index is -0.967. The van der Waals surface area contributed by atoms with E-state index in [1.807, 2.05) is 24.3 Å². The number of carbonyl (C=O) groups is 2. The van der Waals surface area contributed by atoms with Crippen molar-refractivity contribution in [3.8, 4) is 0 Å². The Labute approximate surface area is 132 Å². The van der Waals surface area contributed by atoms with Crippen molar-refractivity contribution in [2.24, 2.45) is 0 Å². The lowest BCUT2D eigenvalue weighted by Crippen LogP contribution is -2.40. The first-order valence-corrected chi connectivity index (χ1v) is 7.60. The molecule has 0 saturated carbocycles. The molecule has 0 spiro atoms. The van der Waals surface area contributed by atoms with E-state index in [1.165, 1.54) is 4.90 Å². The first-order valence-electron chi connectivity index (χ1n) is 6.80. The maximum Gasteiger partial charge on any atom is 0.326 e. The number of likely N-dealkylation sites (tertiary alicyclic amines) is 1. The van der Waals surface area contributed by atoms with E-state index in [-0.39, 0.29) is 12.0 Å². The fourth-order valence-electron chi connectivity index (χ4n) is 2.57. The van der Waals surface area contributed by atoms with Crippen LogP contribution in [0.5, 0.6) is 0 Å². The number of aliphatic carboxylic acids is 1. The van der Waals surface area contributed by atoms with Crippen LogP contribution in [-0.4, -0.2) is 47.7 Å². The highest BCUT2D eigenvalue weighted by Crippen LogP contribution is 2.22. The van der Waals surface area contributed by atoms with Crippen molar-refractivity contribution in [1.29, 1.82) is 0 Å². The molecule has 2 unspecified atom stereocenters. The molecule has 0 aromatic heterocycles. The van der Waals surface area contributed by atoms with E-state index in [4.69, 9.17) is 4.74 Å². The molecule has 0 radical (unpaired) electrons. The van der Waals surface area contributed by atoms with Crippen LogP contribution in [0.25, 0.3) is 0 Å². The largest absolute Gasteiger partial charge is 0.480 e. The molecule has 6 heteroatoms. The van der Waals surface area contributed by atoms with Crippen LogP contribution in [-0.2, 0) is 20.7 Å². The number of hydrogen-bond donors (Lipinski definition) is 1. The molecule has 1 aliphatic heterocycles. The zero-order valence-electron chi connectivity index (χ0n) is 11.8. The molecule has 1 aromatic carbocycles. The van der Waals surface area contributed by atoms with Gasteiger partial charge in [0.2, 0.25) is 5.91 Å². The Balaban J connectivity index is 1.97. The van der Waals surface area contributed by atoms with E-state index >= 15 is 0 Å². The van der Waals surface area contributed by atoms with Gasteiger partial charge in [0.15, 0.2) is 0 Å². The molecule has 0 bridgehead atoms. The molecular formula is C15H18BrNO4. The van der Waals surface area contributed by atoms with Crippen molar-refractivity contribution in [3.63, 3.8) is 0 Å². The number of rotatable bonds is 5. The lowest BCUT2D eigenvalue weighted by molar-refractivity contribution is -0.148. The molecule has 1 fully saturated rings. The van der Waals surface area contributed by atoms with Crippen LogP contribution >= 0.6 is 15.9 Å². The average molecular weight is 356 g/mol. The third-order valence-corrected chi connectivity index (χ3v) is 4.21. The van der Waals surface area contributed by atoms with Gasteiger partial charge >= 0.3 is 5.97 Å². The molecule has 5 nitrogen and oxygen atoms in total. The highest BCUT2D eigenvalue weighted by atomic mass is 79.9. The number of halogens is 1. The number of nitrogens with zero attached hydrogens (tertiary/aromatic N) is 1. The van der Waals surface area contributed by atoms with Gasteiger partial charge in [0, 0.05) is 31.0 Å². The van der Waals surface area contributed by atoms with Crippen LogP contribution in [0.1, 0.15) is 18.4 Å². The van der Waals surface area contributed by atoms with Crippen LogP contribution in [0.4, 0.5) is 0 Å². The second-order valence-electron chi connectivity index (χ2n) is 5.12. The molecule has 1 aliphatic rings. The second kappa shape index (κ2) is 7.04. The van der Waals surface area contributed by atoms with Gasteiger partial charge in [-0.05, 0) is 24.1 Å². The monoisotopic (exact) mass is 355 g/mol. The van der Waals surface area contributed by atoms with E-state index in [0.717, 1.165) is 10.0 Å². The zero-order chi connectivity index (χ0) is 15.4. The van der Waals surface area contributed by atoms with E-state index in [1.54, 1.807) is 7.11 Å². The second-order valence-corrected chi connectivity index (χ2v) is 6.04. The Morgan fingerprint density at radius 2 is 2.24 bits per heavy atom. The molecular weight excluding hydrogens is 338 g/mol. The van der Waals surface area contributed by atoms with Crippen molar-refractivity contribution in [2.75, 3.05) is 13.7 Å². The number of ether oxygens (including phenoxy) is 1. The van der Waals surface area contributed by atoms with Crippen molar-refractivity contribution in [1.82, 2.24) is 4.90 Å². The fraction of sp³-hybridized carbons (Fsp3) is 0.467. The highest BCUT2D eigenvalue weighted by Gasteiger charge is 2.39. The third-order valence-electron chi connectivity index (χ3n) is 3.72. The third kappa shape index (κ3) is 4.04. The molecule has 2 atom stereocenters. The van der Waals surface area contributed by atoms with Crippen molar-refractivity contribution >= 4 is 27.8 Å². The summed E-state index contributed by atoms with van der Waals surface area (Å²) in [5, 5.41) is 9.21. The molecule has 21 heavy (non-hydrogen) atoms. The molecule has 0 aliphatic carbocycles. The van der Waals surface area contributed by atoms with Crippen LogP contribution in [0.3, 0.4) is 0 Å². The fourth-order valence-corrected chi connectivity index (χ4v) is 3.01. The Morgan fingerprint density at radius 1 is 1.48 bits per heavy atom. The smallest absolute Gasteiger partial charge is 0.326 e. The van der Waals surface area contributed by atoms with Gasteiger partial charge < -0.3 is 14.7 Å². The Bertz CT molecular complexity index is 534. The van der Waals surface area contributed by atoms with E-state index in [9.17, 15) is 14.7 Å². The summed E-state index contributed by atoms with van der Waals surface area (Å²) < 4.78 is 6.16. The first kappa shape index (κ1) is 16.0. The summed E-state index contributed by atoms with van der Waals surface area (Å²) in [6.07, 6.45) is 1.06. The number of benzene rings is 1. The molecule has 1 saturated heterocycles. The average Bonchev–Trinajstić information content (AvgIpc) is 2.89. The Kier molecular flexibility index (Phi) is 5.36. The van der Waals surface area contributed by atoms with Crippen LogP contribution in [0, 0.1) is 0 Å². The van der Waals surface area contributed by atoms with Crippen molar-refractivity contribution in [2.45, 2.75) is 31.4 Å². The number of hydrogen-bond acceptors (Lipinski definition) is 3. The summed E-state index contributed by atoms with van der Waals surface area (Å²) >= 11 is 3.39. The van der Waals surface area contributed by atoms with Gasteiger partial charge in [-0.3, -0.25) is 4.79 Å². The summed E-state index contributed by atoms with van der Waals surface area (Å²) in [6, 6.07) is 6.99. The highest BCUT2D eigenvalue weighted by molar-refractivity contribution is 9.10. The topological polar surface area (TPSA) is 66.8 Å². The van der Waals surface area contributed by atoms with E-state index < -0.39 is 12.0 Å². The Hall–Kier alpha value is -1.40. The molecule has 2 rings (SSSR count). The van der Waals surface area contributed by atoms with Gasteiger partial charge in [0.05, 0.1) is 6.10 Å². The normalized spacial score (nSPS) is 21.5. The predicted octanol–water partition coefficient (Wildman–Crippen LogP) is 2.08. The van der Waals surface area contributed by atoms with Gasteiger partial charge in [-0.15, -0.1) is 0 Å². The maximum atomic E-state index is 12.3. The number of carbonyl (C=O) groups excluding carboxylic acids is 1. The standard InChI is InChI=1S/C15H18BrNO4/c1-21-12-8-13(15(19)20)17(9-12)14(18)6-5-10-3-2-4-11(16)7-10/h2-4,7,12-13H,5-6,8-9H2,1H3,(H,19,20). The van der Waals surface area contributed by atoms with Crippen molar-refractivity contribution in [3.05, 3.63) is 34.3 Å². The SMILES string of the molecule is COC1CC(C(=O)O)N(C(=O)CCc2cccc(Br)c2)C1. The number of amides is 1. The number of carboxylic acids is 1. The number of aryl methyl sites for hydroxylation is 1. The summed E-state index contributed by atoms with van der Waals surface area (Å²) in [7, 11) is 1.54. The lowest BCUT2D eigenvalue weighted by Gasteiger charge is -2.21. The van der Waals surface area contributed by atoms with Gasteiger partial charge in [-0.2, -0.15) is 0 Å². The van der Waals surface area contributed by atoms with Crippen LogP contribution < -0.4 is 0 Å². The van der Waals surface area contributed by atoms with Gasteiger partial charge in [-0.25, -0.2) is 4.79 Å². The summed E-state index contributed by atoms with van der Waals surface area (Å²) in [5.41, 5.74) is 1.05. The molecule has 114 valence electrons. The van der Waals surface area contributed by atoms with Gasteiger partial charge in [0.1, 0.15) is 6.04 Å². The summed E-state index contributed by atoms with van der Waals surface area (Å²) in [6.45, 7) is 0.352. The molecule has 1 aromatic rings. The van der Waals surface area contributed by atoms with E-state index in [0.29, 0.717) is 25.8 Å². The maximum absolute atomic E-state index is 12.3. The molecule has 1 heterocycles. The Morgan fingerprint density at radius 3 is 2.86 bits per heavy atom. The summed E-state index contributed by atoms with van der Waals surface area (Å²) in [5.74, 6) is -1.10. The first-order chi connectivity index (χ1) is 10.0. The van der Waals surface area contributed by atoms with Gasteiger partial charge in [0.25, 0.3) is 0 Å². The summed E-state index contributed by atoms with van der Waals surface area (Å²) in [4.78, 5) is 24.9. The zero-order valence-corrected chi connectivity index (χ0v) is 13.4. The van der Waals surface area contributed by atoms with Gasteiger partial charge in [-0.1, -0.05) is 28.1 Å². The number of carboxylic acid groups (broad SMARTS) is 1. The predicted molar refractivity (Wildman–Crippen MR) is 81.0 cm³/mol. The van der Waals surface area contributed by atoms with E-state index in [2.05, 4.69) is 15.9 Å². The minimum absolute atomic E-state index is 0.137.